The molecule has 10 nitrogen and oxygen atoms in total. The lowest BCUT2D eigenvalue weighted by Gasteiger charge is -2.08. The van der Waals surface area contributed by atoms with Gasteiger partial charge in [-0.2, -0.15) is 0 Å². The smallest absolute Gasteiger partial charge is 0.340 e. The molecular weight excluding hydrogens is 416 g/mol. The molecule has 0 aromatic heterocycles. The topological polar surface area (TPSA) is 153 Å². The molecule has 0 aliphatic carbocycles. The van der Waals surface area contributed by atoms with E-state index < -0.39 is 29.3 Å². The van der Waals surface area contributed by atoms with E-state index in [2.05, 4.69) is 15.5 Å². The van der Waals surface area contributed by atoms with Crippen LogP contribution in [0.2, 0.25) is 0 Å². The second kappa shape index (κ2) is 11.3. The van der Waals surface area contributed by atoms with E-state index in [-0.39, 0.29) is 30.0 Å². The fourth-order valence-electron chi connectivity index (χ4n) is 2.48. The van der Waals surface area contributed by atoms with Crippen LogP contribution < -0.4 is 11.1 Å². The summed E-state index contributed by atoms with van der Waals surface area (Å²) in [4.78, 5) is 36.9. The fraction of sp³-hybridized carbons (Fsp3) is 0.227. The minimum atomic E-state index is -0.738. The second-order valence-electron chi connectivity index (χ2n) is 6.38. The molecule has 0 aliphatic heterocycles. The average molecular weight is 440 g/mol. The molecule has 0 radical (unpaired) electrons. The number of hydrogen-bond acceptors (Lipinski definition) is 9. The van der Waals surface area contributed by atoms with Gasteiger partial charge in [-0.05, 0) is 63.2 Å². The standard InChI is InChI=1S/C22H24N4O6/c1-4-31-21(29)14-6-11-17(22(30)32-5-2)18(12-14)25-26-19(13(3)27)20(28)24-16-9-7-15(23)8-10-16/h6-12,27H,4-5,23H2,1-3H3,(H,24,28)/b19-13+,26-25?. The van der Waals surface area contributed by atoms with Crippen LogP contribution >= 0.6 is 0 Å². The lowest BCUT2D eigenvalue weighted by Crippen LogP contribution is -2.14. The Morgan fingerprint density at radius 1 is 1.00 bits per heavy atom. The molecule has 0 spiro atoms. The van der Waals surface area contributed by atoms with E-state index in [1.807, 2.05) is 0 Å². The number of nitrogens with one attached hydrogen (secondary N) is 1. The molecule has 10 heteroatoms. The summed E-state index contributed by atoms with van der Waals surface area (Å²) in [5.74, 6) is -2.44. The van der Waals surface area contributed by atoms with Crippen LogP contribution in [-0.2, 0) is 14.3 Å². The van der Waals surface area contributed by atoms with E-state index in [0.29, 0.717) is 11.4 Å². The molecule has 2 aromatic carbocycles. The van der Waals surface area contributed by atoms with E-state index in [1.54, 1.807) is 38.1 Å². The van der Waals surface area contributed by atoms with Crippen molar-refractivity contribution in [2.75, 3.05) is 24.3 Å². The van der Waals surface area contributed by atoms with Gasteiger partial charge in [-0.1, -0.05) is 0 Å². The Bertz CT molecular complexity index is 1060. The minimum absolute atomic E-state index is 0.0255. The van der Waals surface area contributed by atoms with Gasteiger partial charge in [0.25, 0.3) is 5.91 Å². The number of amides is 1. The number of nitrogens with two attached hydrogens (primary N) is 1. The highest BCUT2D eigenvalue weighted by Crippen LogP contribution is 2.25. The van der Waals surface area contributed by atoms with Gasteiger partial charge in [0.1, 0.15) is 11.4 Å². The molecule has 168 valence electrons. The molecule has 0 bridgehead atoms. The zero-order chi connectivity index (χ0) is 23.7. The van der Waals surface area contributed by atoms with Gasteiger partial charge in [0.05, 0.1) is 24.3 Å². The van der Waals surface area contributed by atoms with Crippen LogP contribution in [0.4, 0.5) is 17.1 Å². The van der Waals surface area contributed by atoms with Crippen LogP contribution in [0.25, 0.3) is 0 Å². The van der Waals surface area contributed by atoms with Crippen LogP contribution in [0.15, 0.2) is 64.1 Å². The van der Waals surface area contributed by atoms with Gasteiger partial charge in [-0.15, -0.1) is 10.2 Å². The number of azo groups is 1. The number of carbonyl (C=O) groups is 3. The highest BCUT2D eigenvalue weighted by atomic mass is 16.5. The fourth-order valence-corrected chi connectivity index (χ4v) is 2.48. The predicted octanol–water partition coefficient (Wildman–Crippen LogP) is 4.13. The number of nitrogens with zero attached hydrogens (tertiary/aromatic N) is 2. The molecule has 0 fully saturated rings. The van der Waals surface area contributed by atoms with Crippen LogP contribution in [0, 0.1) is 0 Å². The van der Waals surface area contributed by atoms with E-state index in [1.165, 1.54) is 25.1 Å². The summed E-state index contributed by atoms with van der Waals surface area (Å²) in [6.45, 7) is 4.85. The summed E-state index contributed by atoms with van der Waals surface area (Å²) in [5.41, 5.74) is 6.30. The van der Waals surface area contributed by atoms with Crippen LogP contribution in [-0.4, -0.2) is 36.2 Å². The lowest BCUT2D eigenvalue weighted by molar-refractivity contribution is -0.113. The highest BCUT2D eigenvalue weighted by Gasteiger charge is 2.18. The normalized spacial score (nSPS) is 11.6. The summed E-state index contributed by atoms with van der Waals surface area (Å²) >= 11 is 0. The summed E-state index contributed by atoms with van der Waals surface area (Å²) < 4.78 is 9.96. The van der Waals surface area contributed by atoms with E-state index in [9.17, 15) is 19.5 Å². The van der Waals surface area contributed by atoms with Gasteiger partial charge >= 0.3 is 11.9 Å². The molecule has 0 unspecified atom stereocenters. The Morgan fingerprint density at radius 2 is 1.62 bits per heavy atom. The van der Waals surface area contributed by atoms with Crippen molar-refractivity contribution in [1.82, 2.24) is 0 Å². The number of allylic oxidation sites excluding steroid dienone is 1. The maximum absolute atomic E-state index is 12.6. The Labute approximate surface area is 184 Å². The lowest BCUT2D eigenvalue weighted by atomic mass is 10.1. The Hall–Kier alpha value is -4.21. The number of nitrogen functional groups attached to an aromatic ring is 1. The van der Waals surface area contributed by atoms with Crippen LogP contribution in [0.1, 0.15) is 41.5 Å². The number of carbonyl (C=O) groups excluding carboxylic acids is 3. The maximum Gasteiger partial charge on any atom is 0.340 e. The molecule has 0 saturated heterocycles. The molecule has 2 rings (SSSR count). The van der Waals surface area contributed by atoms with Crippen molar-refractivity contribution in [1.29, 1.82) is 0 Å². The molecular formula is C22H24N4O6. The van der Waals surface area contributed by atoms with Gasteiger partial charge in [-0.3, -0.25) is 4.79 Å². The van der Waals surface area contributed by atoms with Crippen molar-refractivity contribution >= 4 is 34.9 Å². The van der Waals surface area contributed by atoms with Crippen molar-refractivity contribution in [3.8, 4) is 0 Å². The highest BCUT2D eigenvalue weighted by molar-refractivity contribution is 6.04. The first-order valence-corrected chi connectivity index (χ1v) is 9.73. The molecule has 2 aromatic rings. The summed E-state index contributed by atoms with van der Waals surface area (Å²) in [6, 6.07) is 10.4. The molecule has 4 N–H and O–H groups in total. The first-order chi connectivity index (χ1) is 15.3. The number of anilines is 2. The SMILES string of the molecule is CCOC(=O)c1ccc(C(=O)OCC)c(N=N/C(C(=O)Nc2ccc(N)cc2)=C(\C)O)c1. The number of ether oxygens (including phenoxy) is 2. The number of aliphatic hydroxyl groups excluding tert-OH is 1. The Balaban J connectivity index is 2.39. The van der Waals surface area contributed by atoms with Crippen LogP contribution in [0.3, 0.4) is 0 Å². The molecule has 0 heterocycles. The number of benzene rings is 2. The summed E-state index contributed by atoms with van der Waals surface area (Å²) in [7, 11) is 0. The first-order valence-electron chi connectivity index (χ1n) is 9.73. The molecule has 1 amide bonds. The van der Waals surface area contributed by atoms with Gasteiger partial charge in [0, 0.05) is 11.4 Å². The number of aliphatic hydroxyl groups is 1. The van der Waals surface area contributed by atoms with Gasteiger partial charge in [-0.25, -0.2) is 9.59 Å². The van der Waals surface area contributed by atoms with Crippen molar-refractivity contribution in [2.45, 2.75) is 20.8 Å². The summed E-state index contributed by atoms with van der Waals surface area (Å²) in [6.07, 6.45) is 0. The third-order valence-electron chi connectivity index (χ3n) is 3.99. The first kappa shape index (κ1) is 24.1. The largest absolute Gasteiger partial charge is 0.510 e. The van der Waals surface area contributed by atoms with Crippen molar-refractivity contribution < 1.29 is 29.0 Å². The maximum atomic E-state index is 12.6. The average Bonchev–Trinajstić information content (AvgIpc) is 2.75. The molecule has 32 heavy (non-hydrogen) atoms. The molecule has 0 aliphatic rings. The van der Waals surface area contributed by atoms with E-state index >= 15 is 0 Å². The zero-order valence-electron chi connectivity index (χ0n) is 17.9. The Kier molecular flexibility index (Phi) is 8.46. The quantitative estimate of drug-likeness (QED) is 0.183. The Morgan fingerprint density at radius 3 is 2.22 bits per heavy atom. The third-order valence-corrected chi connectivity index (χ3v) is 3.99. The van der Waals surface area contributed by atoms with Crippen molar-refractivity contribution in [3.05, 3.63) is 65.0 Å². The van der Waals surface area contributed by atoms with E-state index in [4.69, 9.17) is 15.2 Å². The van der Waals surface area contributed by atoms with Gasteiger partial charge in [0.15, 0.2) is 5.70 Å². The number of esters is 2. The minimum Gasteiger partial charge on any atom is -0.510 e. The second-order valence-corrected chi connectivity index (χ2v) is 6.38. The van der Waals surface area contributed by atoms with Crippen molar-refractivity contribution in [3.63, 3.8) is 0 Å². The monoisotopic (exact) mass is 440 g/mol. The third kappa shape index (κ3) is 6.39. The van der Waals surface area contributed by atoms with E-state index in [0.717, 1.165) is 0 Å². The zero-order valence-corrected chi connectivity index (χ0v) is 17.9. The van der Waals surface area contributed by atoms with Crippen molar-refractivity contribution in [2.24, 2.45) is 10.2 Å². The number of rotatable bonds is 8. The number of hydrogen-bond donors (Lipinski definition) is 3. The van der Waals surface area contributed by atoms with Crippen LogP contribution in [0.5, 0.6) is 0 Å². The predicted molar refractivity (Wildman–Crippen MR) is 118 cm³/mol. The van der Waals surface area contributed by atoms with Gasteiger partial charge < -0.3 is 25.6 Å². The molecule has 0 saturated carbocycles. The molecule has 0 atom stereocenters. The summed E-state index contributed by atoms with van der Waals surface area (Å²) in [5, 5.41) is 20.2. The van der Waals surface area contributed by atoms with Gasteiger partial charge in [0.2, 0.25) is 0 Å².